The SMILES string of the molecule is Cn1c(/C(C#N)=C(\O)C[NH+]2CC[NH+](Cc3cccc(Cl)c3)CC2)nc2ccccc21. The first-order valence-corrected chi connectivity index (χ1v) is 10.6. The molecule has 154 valence electrons. The summed E-state index contributed by atoms with van der Waals surface area (Å²) < 4.78 is 1.87. The van der Waals surface area contributed by atoms with Crippen molar-refractivity contribution >= 4 is 28.2 Å². The van der Waals surface area contributed by atoms with Crippen LogP contribution in [0.5, 0.6) is 0 Å². The Morgan fingerprint density at radius 3 is 2.57 bits per heavy atom. The van der Waals surface area contributed by atoms with E-state index in [4.69, 9.17) is 11.6 Å². The van der Waals surface area contributed by atoms with E-state index in [1.165, 1.54) is 15.4 Å². The number of imidazole rings is 1. The number of rotatable bonds is 5. The second kappa shape index (κ2) is 8.88. The zero-order valence-corrected chi connectivity index (χ0v) is 17.8. The fourth-order valence-electron chi connectivity index (χ4n) is 4.18. The van der Waals surface area contributed by atoms with Crippen LogP contribution in [0.2, 0.25) is 5.02 Å². The number of aliphatic hydroxyl groups is 1. The van der Waals surface area contributed by atoms with Gasteiger partial charge in [-0.2, -0.15) is 5.26 Å². The highest BCUT2D eigenvalue weighted by molar-refractivity contribution is 6.30. The molecular weight excluding hydrogens is 398 g/mol. The van der Waals surface area contributed by atoms with Gasteiger partial charge in [0.25, 0.3) is 0 Å². The van der Waals surface area contributed by atoms with Crippen LogP contribution in [0, 0.1) is 11.3 Å². The van der Waals surface area contributed by atoms with Gasteiger partial charge in [-0.05, 0) is 24.3 Å². The Bertz CT molecular complexity index is 1120. The predicted molar refractivity (Wildman–Crippen MR) is 117 cm³/mol. The number of hydrogen-bond acceptors (Lipinski definition) is 3. The summed E-state index contributed by atoms with van der Waals surface area (Å²) in [6, 6.07) is 17.9. The van der Waals surface area contributed by atoms with Gasteiger partial charge in [-0.15, -0.1) is 0 Å². The van der Waals surface area contributed by atoms with Crippen molar-refractivity contribution in [3.05, 3.63) is 70.7 Å². The van der Waals surface area contributed by atoms with E-state index in [1.807, 2.05) is 54.1 Å². The first-order valence-electron chi connectivity index (χ1n) is 10.2. The normalized spacial score (nSPS) is 20.0. The van der Waals surface area contributed by atoms with Gasteiger partial charge in [0.05, 0.1) is 11.0 Å². The topological polar surface area (TPSA) is 70.7 Å². The average molecular weight is 424 g/mol. The minimum absolute atomic E-state index is 0.115. The molecule has 0 amide bonds. The maximum absolute atomic E-state index is 10.8. The van der Waals surface area contributed by atoms with E-state index in [1.54, 1.807) is 0 Å². The summed E-state index contributed by atoms with van der Waals surface area (Å²) in [5.74, 6) is 0.630. The predicted octanol–water partition coefficient (Wildman–Crippen LogP) is 1.00. The molecule has 0 atom stereocenters. The van der Waals surface area contributed by atoms with Gasteiger partial charge >= 0.3 is 0 Å². The van der Waals surface area contributed by atoms with Crippen LogP contribution in [0.3, 0.4) is 0 Å². The molecule has 1 aliphatic rings. The van der Waals surface area contributed by atoms with E-state index in [2.05, 4.69) is 17.1 Å². The molecule has 1 aromatic heterocycles. The molecule has 0 unspecified atom stereocenters. The van der Waals surface area contributed by atoms with Crippen molar-refractivity contribution in [1.82, 2.24) is 9.55 Å². The van der Waals surface area contributed by atoms with Crippen LogP contribution < -0.4 is 9.80 Å². The van der Waals surface area contributed by atoms with Crippen LogP contribution in [0.1, 0.15) is 11.4 Å². The molecule has 3 aromatic rings. The van der Waals surface area contributed by atoms with Gasteiger partial charge in [-0.1, -0.05) is 35.9 Å². The highest BCUT2D eigenvalue weighted by Crippen LogP contribution is 2.21. The maximum atomic E-state index is 10.8. The Morgan fingerprint density at radius 1 is 1.13 bits per heavy atom. The number of aryl methyl sites for hydroxylation is 1. The lowest BCUT2D eigenvalue weighted by molar-refractivity contribution is -1.02. The lowest BCUT2D eigenvalue weighted by Gasteiger charge is -2.29. The summed E-state index contributed by atoms with van der Waals surface area (Å²) in [6.45, 7) is 5.32. The Balaban J connectivity index is 1.42. The number of para-hydroxylation sites is 2. The van der Waals surface area contributed by atoms with E-state index < -0.39 is 0 Å². The number of fused-ring (bicyclic) bond motifs is 1. The number of nitriles is 1. The van der Waals surface area contributed by atoms with Gasteiger partial charge < -0.3 is 19.5 Å². The van der Waals surface area contributed by atoms with E-state index in [0.29, 0.717) is 12.4 Å². The Hall–Kier alpha value is -2.85. The molecular formula is C23H26ClN5O+2. The third kappa shape index (κ3) is 4.34. The number of aromatic nitrogens is 2. The third-order valence-electron chi connectivity index (χ3n) is 5.84. The number of halogens is 1. The van der Waals surface area contributed by atoms with Gasteiger partial charge in [0, 0.05) is 17.6 Å². The second-order valence-electron chi connectivity index (χ2n) is 7.90. The average Bonchev–Trinajstić information content (AvgIpc) is 3.07. The molecule has 0 spiro atoms. The smallest absolute Gasteiger partial charge is 0.169 e. The van der Waals surface area contributed by atoms with Gasteiger partial charge in [0.15, 0.2) is 11.6 Å². The maximum Gasteiger partial charge on any atom is 0.169 e. The minimum atomic E-state index is 0.115. The van der Waals surface area contributed by atoms with Gasteiger partial charge in [0.1, 0.15) is 50.9 Å². The first kappa shape index (κ1) is 20.4. The minimum Gasteiger partial charge on any atom is -0.506 e. The van der Waals surface area contributed by atoms with E-state index in [9.17, 15) is 10.4 Å². The standard InChI is InChI=1S/C23H24ClN5O/c1-27-21-8-3-2-7-20(21)26-23(27)19(14-25)22(30)16-29-11-9-28(10-12-29)15-17-5-4-6-18(24)13-17/h2-8,13,30H,9-12,15-16H2,1H3/p+2/b22-19-. The fourth-order valence-corrected chi connectivity index (χ4v) is 4.40. The summed E-state index contributed by atoms with van der Waals surface area (Å²) in [5, 5.41) is 21.2. The molecule has 0 radical (unpaired) electrons. The number of piperazine rings is 1. The van der Waals surface area contributed by atoms with Crippen molar-refractivity contribution in [1.29, 1.82) is 5.26 Å². The molecule has 2 aromatic carbocycles. The van der Waals surface area contributed by atoms with Crippen molar-refractivity contribution in [3.8, 4) is 6.07 Å². The number of nitrogens with one attached hydrogen (secondary N) is 2. The summed E-state index contributed by atoms with van der Waals surface area (Å²) >= 11 is 6.09. The van der Waals surface area contributed by atoms with Gasteiger partial charge in [-0.25, -0.2) is 4.98 Å². The number of aliphatic hydroxyl groups excluding tert-OH is 1. The van der Waals surface area contributed by atoms with Crippen LogP contribution in [0.25, 0.3) is 16.6 Å². The molecule has 1 saturated heterocycles. The molecule has 6 nitrogen and oxygen atoms in total. The van der Waals surface area contributed by atoms with Crippen LogP contribution in [-0.2, 0) is 13.6 Å². The van der Waals surface area contributed by atoms with Crippen molar-refractivity contribution in [3.63, 3.8) is 0 Å². The first-order chi connectivity index (χ1) is 14.5. The lowest BCUT2D eigenvalue weighted by Crippen LogP contribution is -3.27. The monoisotopic (exact) mass is 423 g/mol. The summed E-state index contributed by atoms with van der Waals surface area (Å²) in [5.41, 5.74) is 3.27. The highest BCUT2D eigenvalue weighted by Gasteiger charge is 2.26. The van der Waals surface area contributed by atoms with E-state index in [0.717, 1.165) is 48.8 Å². The third-order valence-corrected chi connectivity index (χ3v) is 6.07. The van der Waals surface area contributed by atoms with Gasteiger partial charge in [0.2, 0.25) is 0 Å². The molecule has 7 heteroatoms. The van der Waals surface area contributed by atoms with Crippen LogP contribution in [0.15, 0.2) is 54.3 Å². The molecule has 3 N–H and O–H groups in total. The van der Waals surface area contributed by atoms with E-state index in [-0.39, 0.29) is 11.3 Å². The highest BCUT2D eigenvalue weighted by atomic mass is 35.5. The molecule has 0 bridgehead atoms. The van der Waals surface area contributed by atoms with Crippen LogP contribution in [-0.4, -0.2) is 47.4 Å². The largest absolute Gasteiger partial charge is 0.506 e. The van der Waals surface area contributed by atoms with Crippen molar-refractivity contribution in [2.75, 3.05) is 32.7 Å². The van der Waals surface area contributed by atoms with Crippen LogP contribution >= 0.6 is 11.6 Å². The fraction of sp³-hybridized carbons (Fsp3) is 0.304. The lowest BCUT2D eigenvalue weighted by atomic mass is 10.2. The Kier molecular flexibility index (Phi) is 6.05. The Labute approximate surface area is 181 Å². The quantitative estimate of drug-likeness (QED) is 0.423. The van der Waals surface area contributed by atoms with Crippen LogP contribution in [0.4, 0.5) is 0 Å². The molecule has 2 heterocycles. The summed E-state index contributed by atoms with van der Waals surface area (Å²) in [4.78, 5) is 7.36. The van der Waals surface area contributed by atoms with Crippen molar-refractivity contribution in [2.24, 2.45) is 7.05 Å². The molecule has 1 aliphatic heterocycles. The van der Waals surface area contributed by atoms with Gasteiger partial charge in [-0.3, -0.25) is 0 Å². The number of nitrogens with zero attached hydrogens (tertiary/aromatic N) is 3. The van der Waals surface area contributed by atoms with Crippen molar-refractivity contribution in [2.45, 2.75) is 6.54 Å². The molecule has 4 rings (SSSR count). The molecule has 0 aliphatic carbocycles. The number of benzene rings is 2. The molecule has 1 fully saturated rings. The number of quaternary nitrogens is 2. The van der Waals surface area contributed by atoms with E-state index >= 15 is 0 Å². The zero-order valence-electron chi connectivity index (χ0n) is 17.0. The number of hydrogen-bond donors (Lipinski definition) is 3. The molecule has 0 saturated carbocycles. The second-order valence-corrected chi connectivity index (χ2v) is 8.34. The summed E-state index contributed by atoms with van der Waals surface area (Å²) in [6.07, 6.45) is 0. The Morgan fingerprint density at radius 2 is 1.87 bits per heavy atom. The zero-order chi connectivity index (χ0) is 21.1. The molecule has 30 heavy (non-hydrogen) atoms. The summed E-state index contributed by atoms with van der Waals surface area (Å²) in [7, 11) is 1.88. The number of allylic oxidation sites excluding steroid dienone is 1. The van der Waals surface area contributed by atoms with Crippen molar-refractivity contribution < 1.29 is 14.9 Å².